The summed E-state index contributed by atoms with van der Waals surface area (Å²) in [5, 5.41) is 8.90. The quantitative estimate of drug-likeness (QED) is 0.891. The summed E-state index contributed by atoms with van der Waals surface area (Å²) >= 11 is 0. The first-order valence-corrected chi connectivity index (χ1v) is 5.89. The van der Waals surface area contributed by atoms with E-state index in [1.807, 2.05) is 18.2 Å². The van der Waals surface area contributed by atoms with Gasteiger partial charge >= 0.3 is 0 Å². The Labute approximate surface area is 106 Å². The summed E-state index contributed by atoms with van der Waals surface area (Å²) in [6.07, 6.45) is 0.906. The zero-order chi connectivity index (χ0) is 13.0. The van der Waals surface area contributed by atoms with Crippen LogP contribution < -0.4 is 4.74 Å². The van der Waals surface area contributed by atoms with Crippen molar-refractivity contribution >= 4 is 0 Å². The number of rotatable bonds is 4. The van der Waals surface area contributed by atoms with Crippen molar-refractivity contribution in [3.63, 3.8) is 0 Å². The standard InChI is InChI=1S/C15H15FO2/c1-2-11-4-3-5-13(8-11)18-15-7-6-12(10-17)9-14(15)16/h3-9,17H,2,10H2,1H3. The second kappa shape index (κ2) is 5.65. The molecule has 18 heavy (non-hydrogen) atoms. The zero-order valence-electron chi connectivity index (χ0n) is 10.2. The first-order chi connectivity index (χ1) is 8.72. The smallest absolute Gasteiger partial charge is 0.166 e. The number of aryl methyl sites for hydroxylation is 1. The summed E-state index contributed by atoms with van der Waals surface area (Å²) in [4.78, 5) is 0. The van der Waals surface area contributed by atoms with E-state index in [1.165, 1.54) is 12.1 Å². The fraction of sp³-hybridized carbons (Fsp3) is 0.200. The van der Waals surface area contributed by atoms with E-state index in [4.69, 9.17) is 9.84 Å². The van der Waals surface area contributed by atoms with Crippen molar-refractivity contribution in [2.24, 2.45) is 0 Å². The van der Waals surface area contributed by atoms with Crippen LogP contribution >= 0.6 is 0 Å². The summed E-state index contributed by atoms with van der Waals surface area (Å²) in [6, 6.07) is 12.0. The minimum absolute atomic E-state index is 0.167. The molecule has 0 aromatic heterocycles. The molecule has 0 bridgehead atoms. The third-order valence-electron chi connectivity index (χ3n) is 2.71. The van der Waals surface area contributed by atoms with Gasteiger partial charge in [-0.2, -0.15) is 0 Å². The van der Waals surface area contributed by atoms with Crippen molar-refractivity contribution < 1.29 is 14.2 Å². The highest BCUT2D eigenvalue weighted by molar-refractivity contribution is 5.36. The lowest BCUT2D eigenvalue weighted by atomic mass is 10.1. The number of benzene rings is 2. The van der Waals surface area contributed by atoms with E-state index in [0.717, 1.165) is 12.0 Å². The third kappa shape index (κ3) is 2.87. The summed E-state index contributed by atoms with van der Waals surface area (Å²) in [5.41, 5.74) is 1.67. The topological polar surface area (TPSA) is 29.5 Å². The lowest BCUT2D eigenvalue weighted by Crippen LogP contribution is -1.92. The predicted octanol–water partition coefficient (Wildman–Crippen LogP) is 3.67. The molecule has 0 saturated carbocycles. The van der Waals surface area contributed by atoms with Crippen LogP contribution in [0.4, 0.5) is 4.39 Å². The average molecular weight is 246 g/mol. The molecule has 0 fully saturated rings. The Morgan fingerprint density at radius 1 is 1.11 bits per heavy atom. The van der Waals surface area contributed by atoms with Gasteiger partial charge in [0.05, 0.1) is 6.61 Å². The highest BCUT2D eigenvalue weighted by Gasteiger charge is 2.06. The minimum atomic E-state index is -0.469. The van der Waals surface area contributed by atoms with Gasteiger partial charge in [0.2, 0.25) is 0 Å². The molecule has 1 N–H and O–H groups in total. The van der Waals surface area contributed by atoms with Crippen LogP contribution in [0.2, 0.25) is 0 Å². The van der Waals surface area contributed by atoms with Crippen molar-refractivity contribution in [2.45, 2.75) is 20.0 Å². The van der Waals surface area contributed by atoms with Gasteiger partial charge in [-0.1, -0.05) is 25.1 Å². The van der Waals surface area contributed by atoms with Crippen LogP contribution in [-0.4, -0.2) is 5.11 Å². The maximum Gasteiger partial charge on any atom is 0.166 e. The van der Waals surface area contributed by atoms with Gasteiger partial charge in [-0.15, -0.1) is 0 Å². The fourth-order valence-corrected chi connectivity index (χ4v) is 1.68. The molecule has 0 aliphatic carbocycles. The molecule has 0 aliphatic heterocycles. The highest BCUT2D eigenvalue weighted by atomic mass is 19.1. The van der Waals surface area contributed by atoms with Gasteiger partial charge in [-0.05, 0) is 41.8 Å². The van der Waals surface area contributed by atoms with E-state index in [1.54, 1.807) is 12.1 Å². The zero-order valence-corrected chi connectivity index (χ0v) is 10.2. The molecule has 3 heteroatoms. The summed E-state index contributed by atoms with van der Waals surface area (Å²) in [5.74, 6) is 0.314. The van der Waals surface area contributed by atoms with Crippen LogP contribution in [0.3, 0.4) is 0 Å². The number of halogens is 1. The number of hydrogen-bond donors (Lipinski definition) is 1. The molecule has 2 aromatic rings. The Balaban J connectivity index is 2.22. The Morgan fingerprint density at radius 3 is 2.61 bits per heavy atom. The molecule has 0 radical (unpaired) electrons. The van der Waals surface area contributed by atoms with Crippen LogP contribution in [0.5, 0.6) is 11.5 Å². The molecule has 0 heterocycles. The number of aliphatic hydroxyl groups is 1. The van der Waals surface area contributed by atoms with Crippen LogP contribution in [0.1, 0.15) is 18.1 Å². The van der Waals surface area contributed by atoms with Crippen LogP contribution in [0, 0.1) is 5.82 Å². The summed E-state index contributed by atoms with van der Waals surface area (Å²) in [7, 11) is 0. The molecule has 0 aliphatic rings. The van der Waals surface area contributed by atoms with Crippen molar-refractivity contribution in [2.75, 3.05) is 0 Å². The summed E-state index contributed by atoms with van der Waals surface area (Å²) in [6.45, 7) is 1.87. The van der Waals surface area contributed by atoms with E-state index in [2.05, 4.69) is 6.92 Å². The molecular formula is C15H15FO2. The largest absolute Gasteiger partial charge is 0.454 e. The van der Waals surface area contributed by atoms with Gasteiger partial charge in [0.1, 0.15) is 5.75 Å². The number of ether oxygens (including phenoxy) is 1. The minimum Gasteiger partial charge on any atom is -0.454 e. The van der Waals surface area contributed by atoms with Crippen LogP contribution in [0.25, 0.3) is 0 Å². The fourth-order valence-electron chi connectivity index (χ4n) is 1.68. The monoisotopic (exact) mass is 246 g/mol. The molecule has 0 amide bonds. The second-order valence-corrected chi connectivity index (χ2v) is 4.03. The van der Waals surface area contributed by atoms with E-state index in [9.17, 15) is 4.39 Å². The van der Waals surface area contributed by atoms with E-state index in [0.29, 0.717) is 11.3 Å². The van der Waals surface area contributed by atoms with Gasteiger partial charge in [0.15, 0.2) is 11.6 Å². The maximum absolute atomic E-state index is 13.7. The van der Waals surface area contributed by atoms with Gasteiger partial charge in [0, 0.05) is 0 Å². The van der Waals surface area contributed by atoms with Crippen molar-refractivity contribution in [1.29, 1.82) is 0 Å². The molecule has 94 valence electrons. The lowest BCUT2D eigenvalue weighted by molar-refractivity contribution is 0.281. The maximum atomic E-state index is 13.7. The summed E-state index contributed by atoms with van der Waals surface area (Å²) < 4.78 is 19.2. The van der Waals surface area contributed by atoms with E-state index < -0.39 is 5.82 Å². The first-order valence-electron chi connectivity index (χ1n) is 5.89. The normalized spacial score (nSPS) is 10.4. The van der Waals surface area contributed by atoms with Crippen molar-refractivity contribution in [3.8, 4) is 11.5 Å². The Bertz CT molecular complexity index is 538. The molecule has 2 rings (SSSR count). The van der Waals surface area contributed by atoms with Gasteiger partial charge in [-0.25, -0.2) is 4.39 Å². The molecule has 2 nitrogen and oxygen atoms in total. The Hall–Kier alpha value is -1.87. The number of aliphatic hydroxyl groups excluding tert-OH is 1. The molecule has 0 saturated heterocycles. The predicted molar refractivity (Wildman–Crippen MR) is 68.2 cm³/mol. The third-order valence-corrected chi connectivity index (χ3v) is 2.71. The molecule has 0 spiro atoms. The Kier molecular flexibility index (Phi) is 3.95. The highest BCUT2D eigenvalue weighted by Crippen LogP contribution is 2.25. The first kappa shape index (κ1) is 12.6. The lowest BCUT2D eigenvalue weighted by Gasteiger charge is -2.08. The van der Waals surface area contributed by atoms with E-state index >= 15 is 0 Å². The Morgan fingerprint density at radius 2 is 1.94 bits per heavy atom. The molecular weight excluding hydrogens is 231 g/mol. The van der Waals surface area contributed by atoms with E-state index in [-0.39, 0.29) is 12.4 Å². The average Bonchev–Trinajstić information content (AvgIpc) is 2.41. The molecule has 2 aromatic carbocycles. The second-order valence-electron chi connectivity index (χ2n) is 4.03. The van der Waals surface area contributed by atoms with Gasteiger partial charge in [-0.3, -0.25) is 0 Å². The number of hydrogen-bond acceptors (Lipinski definition) is 2. The van der Waals surface area contributed by atoms with Gasteiger partial charge < -0.3 is 9.84 Å². The molecule has 0 atom stereocenters. The van der Waals surface area contributed by atoms with Crippen LogP contribution in [-0.2, 0) is 13.0 Å². The SMILES string of the molecule is CCc1cccc(Oc2ccc(CO)cc2F)c1. The van der Waals surface area contributed by atoms with Crippen LogP contribution in [0.15, 0.2) is 42.5 Å². The van der Waals surface area contributed by atoms with Gasteiger partial charge in [0.25, 0.3) is 0 Å². The van der Waals surface area contributed by atoms with Crippen molar-refractivity contribution in [3.05, 3.63) is 59.4 Å². The molecule has 0 unspecified atom stereocenters. The van der Waals surface area contributed by atoms with Crippen molar-refractivity contribution in [1.82, 2.24) is 0 Å².